The average molecular weight is 382 g/mol. The molecule has 1 amide bonds. The minimum atomic E-state index is -0.108. The van der Waals surface area contributed by atoms with Gasteiger partial charge in [-0.15, -0.1) is 10.2 Å². The first-order chi connectivity index (χ1) is 13.1. The summed E-state index contributed by atoms with van der Waals surface area (Å²) in [5.74, 6) is 2.12. The number of aromatic nitrogens is 3. The summed E-state index contributed by atoms with van der Waals surface area (Å²) in [6.45, 7) is 2.54. The minimum Gasteiger partial charge on any atom is -0.493 e. The highest BCUT2D eigenvalue weighted by atomic mass is 32.2. The molecule has 140 valence electrons. The number of hydrogen-bond acceptors (Lipinski definition) is 5. The minimum absolute atomic E-state index is 0.108. The number of benzene rings is 2. The van der Waals surface area contributed by atoms with Crippen LogP contribution in [0.15, 0.2) is 59.8 Å². The molecule has 0 fully saturated rings. The first-order valence-corrected chi connectivity index (χ1v) is 9.66. The lowest BCUT2D eigenvalue weighted by molar-refractivity contribution is -0.115. The second kappa shape index (κ2) is 9.23. The Bertz CT molecular complexity index is 896. The lowest BCUT2D eigenvalue weighted by Gasteiger charge is -2.08. The Hall–Kier alpha value is -2.80. The van der Waals surface area contributed by atoms with E-state index in [-0.39, 0.29) is 12.3 Å². The molecule has 6 nitrogen and oxygen atoms in total. The van der Waals surface area contributed by atoms with Crippen molar-refractivity contribution in [3.63, 3.8) is 0 Å². The van der Waals surface area contributed by atoms with Crippen LogP contribution in [0.1, 0.15) is 11.4 Å². The molecule has 3 aromatic rings. The summed E-state index contributed by atoms with van der Waals surface area (Å²) in [6.07, 6.45) is 0.179. The zero-order valence-corrected chi connectivity index (χ0v) is 16.2. The third-order valence-corrected chi connectivity index (χ3v) is 4.97. The van der Waals surface area contributed by atoms with E-state index in [4.69, 9.17) is 4.74 Å². The fraction of sp³-hybridized carbons (Fsp3) is 0.250. The van der Waals surface area contributed by atoms with Gasteiger partial charge in [-0.3, -0.25) is 4.79 Å². The van der Waals surface area contributed by atoms with E-state index >= 15 is 0 Å². The number of para-hydroxylation sites is 2. The highest BCUT2D eigenvalue weighted by Gasteiger charge is 2.13. The van der Waals surface area contributed by atoms with Gasteiger partial charge in [0, 0.05) is 18.5 Å². The number of amides is 1. The molecule has 0 aliphatic heterocycles. The predicted molar refractivity (Wildman–Crippen MR) is 107 cm³/mol. The number of carbonyl (C=O) groups excluding carboxylic acids is 1. The highest BCUT2D eigenvalue weighted by Crippen LogP contribution is 2.18. The maximum atomic E-state index is 12.3. The van der Waals surface area contributed by atoms with Gasteiger partial charge >= 0.3 is 0 Å². The standard InChI is InChI=1S/C20H22N4O2S/c1-15-8-6-7-11-17(15)21-19(25)14-18-22-23-20(24(18)2)27-13-12-26-16-9-4-3-5-10-16/h3-11H,12-14H2,1-2H3,(H,21,25). The summed E-state index contributed by atoms with van der Waals surface area (Å²) in [7, 11) is 1.87. The van der Waals surface area contributed by atoms with E-state index < -0.39 is 0 Å². The molecular formula is C20H22N4O2S. The van der Waals surface area contributed by atoms with Crippen molar-refractivity contribution in [3.8, 4) is 5.75 Å². The van der Waals surface area contributed by atoms with Crippen LogP contribution in [0.25, 0.3) is 0 Å². The van der Waals surface area contributed by atoms with Crippen molar-refractivity contribution < 1.29 is 9.53 Å². The van der Waals surface area contributed by atoms with Gasteiger partial charge in [0.15, 0.2) is 5.16 Å². The average Bonchev–Trinajstić information content (AvgIpc) is 3.01. The highest BCUT2D eigenvalue weighted by molar-refractivity contribution is 7.99. The van der Waals surface area contributed by atoms with Gasteiger partial charge < -0.3 is 14.6 Å². The third kappa shape index (κ3) is 5.34. The second-order valence-corrected chi connectivity index (χ2v) is 7.07. The number of nitrogens with zero attached hydrogens (tertiary/aromatic N) is 3. The second-order valence-electron chi connectivity index (χ2n) is 6.01. The number of hydrogen-bond donors (Lipinski definition) is 1. The molecule has 0 unspecified atom stereocenters. The Labute approximate surface area is 163 Å². The van der Waals surface area contributed by atoms with Gasteiger partial charge in [-0.05, 0) is 30.7 Å². The summed E-state index contributed by atoms with van der Waals surface area (Å²) in [5, 5.41) is 12.0. The van der Waals surface area contributed by atoms with E-state index in [1.54, 1.807) is 11.8 Å². The summed E-state index contributed by atoms with van der Waals surface area (Å²) >= 11 is 1.55. The zero-order valence-electron chi connectivity index (χ0n) is 15.4. The summed E-state index contributed by atoms with van der Waals surface area (Å²) < 4.78 is 7.53. The maximum Gasteiger partial charge on any atom is 0.232 e. The number of anilines is 1. The summed E-state index contributed by atoms with van der Waals surface area (Å²) in [5.41, 5.74) is 1.84. The van der Waals surface area contributed by atoms with Crippen LogP contribution in [0.5, 0.6) is 5.75 Å². The lowest BCUT2D eigenvalue weighted by Crippen LogP contribution is -2.17. The van der Waals surface area contributed by atoms with Gasteiger partial charge in [-0.1, -0.05) is 48.2 Å². The van der Waals surface area contributed by atoms with Crippen molar-refractivity contribution in [3.05, 3.63) is 66.0 Å². The van der Waals surface area contributed by atoms with Gasteiger partial charge in [-0.2, -0.15) is 0 Å². The van der Waals surface area contributed by atoms with Crippen LogP contribution in [0.2, 0.25) is 0 Å². The van der Waals surface area contributed by atoms with E-state index in [9.17, 15) is 4.79 Å². The fourth-order valence-electron chi connectivity index (χ4n) is 2.49. The van der Waals surface area contributed by atoms with Crippen LogP contribution in [-0.4, -0.2) is 33.0 Å². The van der Waals surface area contributed by atoms with E-state index in [1.165, 1.54) is 0 Å². The molecule has 1 aromatic heterocycles. The van der Waals surface area contributed by atoms with Gasteiger partial charge in [-0.25, -0.2) is 0 Å². The number of aryl methyl sites for hydroxylation is 1. The van der Waals surface area contributed by atoms with Gasteiger partial charge in [0.2, 0.25) is 5.91 Å². The first kappa shape index (κ1) is 19.0. The number of carbonyl (C=O) groups is 1. The molecule has 0 bridgehead atoms. The fourth-order valence-corrected chi connectivity index (χ4v) is 3.23. The Kier molecular flexibility index (Phi) is 6.49. The molecule has 0 spiro atoms. The largest absolute Gasteiger partial charge is 0.493 e. The normalized spacial score (nSPS) is 10.6. The van der Waals surface area contributed by atoms with Crippen molar-refractivity contribution in [2.45, 2.75) is 18.5 Å². The maximum absolute atomic E-state index is 12.3. The Morgan fingerprint density at radius 1 is 1.11 bits per heavy atom. The molecule has 0 atom stereocenters. The molecule has 0 saturated carbocycles. The summed E-state index contributed by atoms with van der Waals surface area (Å²) in [6, 6.07) is 17.4. The first-order valence-electron chi connectivity index (χ1n) is 8.68. The molecular weight excluding hydrogens is 360 g/mol. The van der Waals surface area contributed by atoms with Crippen molar-refractivity contribution in [2.24, 2.45) is 7.05 Å². The molecule has 3 rings (SSSR count). The van der Waals surface area contributed by atoms with E-state index in [0.717, 1.165) is 27.9 Å². The van der Waals surface area contributed by atoms with Crippen LogP contribution in [-0.2, 0) is 18.3 Å². The number of rotatable bonds is 8. The van der Waals surface area contributed by atoms with Crippen molar-refractivity contribution in [2.75, 3.05) is 17.7 Å². The molecule has 7 heteroatoms. The predicted octanol–water partition coefficient (Wildman–Crippen LogP) is 3.48. The SMILES string of the molecule is Cc1ccccc1NC(=O)Cc1nnc(SCCOc2ccccc2)n1C. The molecule has 0 aliphatic carbocycles. The molecule has 1 N–H and O–H groups in total. The zero-order chi connectivity index (χ0) is 19.1. The molecule has 0 aliphatic rings. The number of thioether (sulfide) groups is 1. The van der Waals surface area contributed by atoms with E-state index in [2.05, 4.69) is 15.5 Å². The molecule has 0 saturated heterocycles. The van der Waals surface area contributed by atoms with Crippen LogP contribution < -0.4 is 10.1 Å². The molecule has 27 heavy (non-hydrogen) atoms. The Balaban J connectivity index is 1.49. The monoisotopic (exact) mass is 382 g/mol. The van der Waals surface area contributed by atoms with E-state index in [0.29, 0.717) is 12.4 Å². The number of ether oxygens (including phenoxy) is 1. The molecule has 1 heterocycles. The van der Waals surface area contributed by atoms with E-state index in [1.807, 2.05) is 73.1 Å². The van der Waals surface area contributed by atoms with Crippen molar-refractivity contribution >= 4 is 23.4 Å². The van der Waals surface area contributed by atoms with Crippen molar-refractivity contribution in [1.82, 2.24) is 14.8 Å². The quantitative estimate of drug-likeness (QED) is 0.477. The lowest BCUT2D eigenvalue weighted by atomic mass is 10.2. The smallest absolute Gasteiger partial charge is 0.232 e. The van der Waals surface area contributed by atoms with Gasteiger partial charge in [0.25, 0.3) is 0 Å². The molecule has 0 radical (unpaired) electrons. The van der Waals surface area contributed by atoms with Crippen LogP contribution in [0.3, 0.4) is 0 Å². The topological polar surface area (TPSA) is 69.0 Å². The van der Waals surface area contributed by atoms with Crippen LogP contribution >= 0.6 is 11.8 Å². The Morgan fingerprint density at radius 3 is 2.63 bits per heavy atom. The van der Waals surface area contributed by atoms with Crippen molar-refractivity contribution in [1.29, 1.82) is 0 Å². The molecule has 2 aromatic carbocycles. The third-order valence-electron chi connectivity index (χ3n) is 3.99. The van der Waals surface area contributed by atoms with Crippen LogP contribution in [0.4, 0.5) is 5.69 Å². The number of nitrogens with one attached hydrogen (secondary N) is 1. The summed E-state index contributed by atoms with van der Waals surface area (Å²) in [4.78, 5) is 12.3. The van der Waals surface area contributed by atoms with Gasteiger partial charge in [0.05, 0.1) is 13.0 Å². The Morgan fingerprint density at radius 2 is 1.85 bits per heavy atom. The van der Waals surface area contributed by atoms with Gasteiger partial charge in [0.1, 0.15) is 11.6 Å². The van der Waals surface area contributed by atoms with Crippen LogP contribution in [0, 0.1) is 6.92 Å².